The SMILES string of the molecule is CCC(CCN)CCC(=O)NC1CC(C)C1. The molecule has 1 aliphatic rings. The van der Waals surface area contributed by atoms with Crippen LogP contribution < -0.4 is 11.1 Å². The third-order valence-corrected chi connectivity index (χ3v) is 3.67. The molecule has 0 spiro atoms. The van der Waals surface area contributed by atoms with Gasteiger partial charge in [0.2, 0.25) is 5.91 Å². The summed E-state index contributed by atoms with van der Waals surface area (Å²) in [5.74, 6) is 1.65. The monoisotopic (exact) mass is 226 g/mol. The Balaban J connectivity index is 2.09. The molecule has 1 aliphatic carbocycles. The maximum atomic E-state index is 11.6. The molecule has 1 saturated carbocycles. The standard InChI is InChI=1S/C13H26N2O/c1-3-11(6-7-14)4-5-13(16)15-12-8-10(2)9-12/h10-12H,3-9,14H2,1-2H3,(H,15,16). The number of hydrogen-bond donors (Lipinski definition) is 2. The normalized spacial score (nSPS) is 25.9. The first-order valence-electron chi connectivity index (χ1n) is 6.65. The quantitative estimate of drug-likeness (QED) is 0.698. The zero-order valence-electron chi connectivity index (χ0n) is 10.7. The van der Waals surface area contributed by atoms with Gasteiger partial charge in [-0.25, -0.2) is 0 Å². The van der Waals surface area contributed by atoms with E-state index in [4.69, 9.17) is 5.73 Å². The molecular weight excluding hydrogens is 200 g/mol. The van der Waals surface area contributed by atoms with Crippen LogP contribution in [0.15, 0.2) is 0 Å². The van der Waals surface area contributed by atoms with Gasteiger partial charge in [-0.15, -0.1) is 0 Å². The van der Waals surface area contributed by atoms with E-state index in [1.807, 2.05) is 0 Å². The summed E-state index contributed by atoms with van der Waals surface area (Å²) in [5, 5.41) is 3.10. The van der Waals surface area contributed by atoms with E-state index in [0.29, 0.717) is 18.4 Å². The van der Waals surface area contributed by atoms with Crippen LogP contribution in [0.2, 0.25) is 0 Å². The van der Waals surface area contributed by atoms with Crippen molar-refractivity contribution >= 4 is 5.91 Å². The summed E-state index contributed by atoms with van der Waals surface area (Å²) < 4.78 is 0. The van der Waals surface area contributed by atoms with E-state index in [9.17, 15) is 4.79 Å². The molecule has 3 heteroatoms. The molecule has 94 valence electrons. The fraction of sp³-hybridized carbons (Fsp3) is 0.923. The van der Waals surface area contributed by atoms with Gasteiger partial charge in [-0.2, -0.15) is 0 Å². The number of nitrogens with one attached hydrogen (secondary N) is 1. The van der Waals surface area contributed by atoms with Crippen LogP contribution in [0.3, 0.4) is 0 Å². The van der Waals surface area contributed by atoms with Crippen LogP contribution in [-0.2, 0) is 4.79 Å². The first-order valence-corrected chi connectivity index (χ1v) is 6.65. The van der Waals surface area contributed by atoms with Crippen molar-refractivity contribution in [2.75, 3.05) is 6.54 Å². The molecule has 0 bridgehead atoms. The van der Waals surface area contributed by atoms with Crippen molar-refractivity contribution in [3.8, 4) is 0 Å². The Hall–Kier alpha value is -0.570. The van der Waals surface area contributed by atoms with Gasteiger partial charge in [-0.3, -0.25) is 4.79 Å². The van der Waals surface area contributed by atoms with Crippen LogP contribution in [0, 0.1) is 11.8 Å². The zero-order valence-corrected chi connectivity index (χ0v) is 10.7. The molecule has 0 aliphatic heterocycles. The molecule has 1 fully saturated rings. The van der Waals surface area contributed by atoms with E-state index in [1.54, 1.807) is 0 Å². The van der Waals surface area contributed by atoms with Crippen LogP contribution in [0.25, 0.3) is 0 Å². The largest absolute Gasteiger partial charge is 0.353 e. The lowest BCUT2D eigenvalue weighted by atomic mass is 9.82. The van der Waals surface area contributed by atoms with Crippen LogP contribution in [0.5, 0.6) is 0 Å². The molecule has 1 rings (SSSR count). The topological polar surface area (TPSA) is 55.1 Å². The summed E-state index contributed by atoms with van der Waals surface area (Å²) in [6.07, 6.45) is 6.15. The van der Waals surface area contributed by atoms with Gasteiger partial charge in [0.25, 0.3) is 0 Å². The van der Waals surface area contributed by atoms with E-state index in [0.717, 1.165) is 44.6 Å². The van der Waals surface area contributed by atoms with E-state index in [2.05, 4.69) is 19.2 Å². The summed E-state index contributed by atoms with van der Waals surface area (Å²) in [5.41, 5.74) is 5.54. The molecule has 0 aromatic rings. The van der Waals surface area contributed by atoms with Crippen molar-refractivity contribution in [1.29, 1.82) is 0 Å². The second-order valence-electron chi connectivity index (χ2n) is 5.23. The average Bonchev–Trinajstić information content (AvgIpc) is 2.22. The predicted octanol–water partition coefficient (Wildman–Crippen LogP) is 2.06. The van der Waals surface area contributed by atoms with Gasteiger partial charge in [-0.1, -0.05) is 20.3 Å². The molecule has 1 atom stereocenters. The van der Waals surface area contributed by atoms with Crippen LogP contribution in [0.4, 0.5) is 0 Å². The molecule has 0 heterocycles. The number of carbonyl (C=O) groups excluding carboxylic acids is 1. The molecule has 16 heavy (non-hydrogen) atoms. The maximum absolute atomic E-state index is 11.6. The third kappa shape index (κ3) is 4.52. The lowest BCUT2D eigenvalue weighted by Gasteiger charge is -2.33. The lowest BCUT2D eigenvalue weighted by Crippen LogP contribution is -2.43. The van der Waals surface area contributed by atoms with E-state index in [-0.39, 0.29) is 5.91 Å². The minimum Gasteiger partial charge on any atom is -0.353 e. The van der Waals surface area contributed by atoms with E-state index < -0.39 is 0 Å². The van der Waals surface area contributed by atoms with Gasteiger partial charge < -0.3 is 11.1 Å². The number of nitrogens with two attached hydrogens (primary N) is 1. The minimum atomic E-state index is 0.229. The van der Waals surface area contributed by atoms with E-state index in [1.165, 1.54) is 0 Å². The summed E-state index contributed by atoms with van der Waals surface area (Å²) in [6.45, 7) is 5.14. The molecule has 0 saturated heterocycles. The predicted molar refractivity (Wildman–Crippen MR) is 67.0 cm³/mol. The Bertz CT molecular complexity index is 212. The highest BCUT2D eigenvalue weighted by Gasteiger charge is 2.26. The number of carbonyl (C=O) groups is 1. The van der Waals surface area contributed by atoms with Gasteiger partial charge in [0.05, 0.1) is 0 Å². The minimum absolute atomic E-state index is 0.229. The van der Waals surface area contributed by atoms with Gasteiger partial charge in [0, 0.05) is 12.5 Å². The summed E-state index contributed by atoms with van der Waals surface area (Å²) in [6, 6.07) is 0.456. The molecule has 0 aromatic carbocycles. The van der Waals surface area contributed by atoms with Gasteiger partial charge in [-0.05, 0) is 44.1 Å². The fourth-order valence-electron chi connectivity index (χ4n) is 2.44. The van der Waals surface area contributed by atoms with E-state index >= 15 is 0 Å². The van der Waals surface area contributed by atoms with Crippen molar-refractivity contribution in [2.45, 2.75) is 58.4 Å². The molecule has 0 radical (unpaired) electrons. The molecule has 3 nitrogen and oxygen atoms in total. The Labute approximate surface area is 99.2 Å². The summed E-state index contributed by atoms with van der Waals surface area (Å²) in [4.78, 5) is 11.6. The summed E-state index contributed by atoms with van der Waals surface area (Å²) >= 11 is 0. The second-order valence-corrected chi connectivity index (χ2v) is 5.23. The molecule has 3 N–H and O–H groups in total. The van der Waals surface area contributed by atoms with Crippen molar-refractivity contribution in [3.63, 3.8) is 0 Å². The van der Waals surface area contributed by atoms with Crippen LogP contribution >= 0.6 is 0 Å². The third-order valence-electron chi connectivity index (χ3n) is 3.67. The average molecular weight is 226 g/mol. The first-order chi connectivity index (χ1) is 7.65. The zero-order chi connectivity index (χ0) is 12.0. The number of amides is 1. The highest BCUT2D eigenvalue weighted by atomic mass is 16.1. The Morgan fingerprint density at radius 2 is 2.12 bits per heavy atom. The van der Waals surface area contributed by atoms with Gasteiger partial charge >= 0.3 is 0 Å². The maximum Gasteiger partial charge on any atom is 0.220 e. The first kappa shape index (κ1) is 13.5. The van der Waals surface area contributed by atoms with Gasteiger partial charge in [0.15, 0.2) is 0 Å². The number of rotatable bonds is 7. The molecule has 1 amide bonds. The van der Waals surface area contributed by atoms with Crippen molar-refractivity contribution < 1.29 is 4.79 Å². The van der Waals surface area contributed by atoms with Crippen molar-refractivity contribution in [2.24, 2.45) is 17.6 Å². The lowest BCUT2D eigenvalue weighted by molar-refractivity contribution is -0.122. The second kappa shape index (κ2) is 6.89. The highest BCUT2D eigenvalue weighted by molar-refractivity contribution is 5.76. The Morgan fingerprint density at radius 1 is 1.44 bits per heavy atom. The Morgan fingerprint density at radius 3 is 2.62 bits per heavy atom. The molecule has 1 unspecified atom stereocenters. The summed E-state index contributed by atoms with van der Waals surface area (Å²) in [7, 11) is 0. The van der Waals surface area contributed by atoms with Crippen molar-refractivity contribution in [1.82, 2.24) is 5.32 Å². The Kier molecular flexibility index (Phi) is 5.81. The molecular formula is C13H26N2O. The highest BCUT2D eigenvalue weighted by Crippen LogP contribution is 2.26. The van der Waals surface area contributed by atoms with Crippen LogP contribution in [0.1, 0.15) is 52.4 Å². The van der Waals surface area contributed by atoms with Crippen LogP contribution in [-0.4, -0.2) is 18.5 Å². The molecule has 0 aromatic heterocycles. The number of hydrogen-bond acceptors (Lipinski definition) is 2. The fourth-order valence-corrected chi connectivity index (χ4v) is 2.44. The van der Waals surface area contributed by atoms with Gasteiger partial charge in [0.1, 0.15) is 0 Å². The van der Waals surface area contributed by atoms with Crippen molar-refractivity contribution in [3.05, 3.63) is 0 Å². The smallest absolute Gasteiger partial charge is 0.220 e.